The maximum Gasteiger partial charge on any atom is 0.303 e. The first-order chi connectivity index (χ1) is 9.58. The molecular formula is C13H20N4O3. The van der Waals surface area contributed by atoms with Crippen LogP contribution >= 0.6 is 0 Å². The lowest BCUT2D eigenvalue weighted by atomic mass is 10.2. The number of carbonyl (C=O) groups excluding carboxylic acids is 1. The molecule has 110 valence electrons. The van der Waals surface area contributed by atoms with Crippen LogP contribution in [0.2, 0.25) is 0 Å². The Morgan fingerprint density at radius 2 is 2.10 bits per heavy atom. The van der Waals surface area contributed by atoms with Gasteiger partial charge in [0.2, 0.25) is 5.91 Å². The van der Waals surface area contributed by atoms with Crippen molar-refractivity contribution < 1.29 is 14.7 Å². The molecule has 0 saturated heterocycles. The molecule has 1 aromatic heterocycles. The van der Waals surface area contributed by atoms with E-state index in [-0.39, 0.29) is 24.8 Å². The van der Waals surface area contributed by atoms with Crippen molar-refractivity contribution in [2.24, 2.45) is 0 Å². The minimum Gasteiger partial charge on any atom is -0.481 e. The Labute approximate surface area is 117 Å². The molecule has 1 amide bonds. The highest BCUT2D eigenvalue weighted by Crippen LogP contribution is 2.18. The Balaban J connectivity index is 1.99. The van der Waals surface area contributed by atoms with Crippen molar-refractivity contribution in [1.82, 2.24) is 20.1 Å². The van der Waals surface area contributed by atoms with Gasteiger partial charge >= 0.3 is 5.97 Å². The fourth-order valence-corrected chi connectivity index (χ4v) is 2.43. The molecule has 7 heteroatoms. The molecule has 1 unspecified atom stereocenters. The van der Waals surface area contributed by atoms with Crippen LogP contribution in [-0.2, 0) is 22.6 Å². The smallest absolute Gasteiger partial charge is 0.303 e. The third-order valence-electron chi connectivity index (χ3n) is 3.47. The molecule has 1 atom stereocenters. The number of aromatic nitrogens is 3. The fourth-order valence-electron chi connectivity index (χ4n) is 2.43. The molecule has 0 aromatic carbocycles. The van der Waals surface area contributed by atoms with E-state index in [1.165, 1.54) is 6.42 Å². The van der Waals surface area contributed by atoms with Crippen LogP contribution in [0, 0.1) is 0 Å². The number of nitrogens with zero attached hydrogens (tertiary/aromatic N) is 3. The number of hydrogen-bond donors (Lipinski definition) is 2. The second kappa shape index (κ2) is 6.49. The monoisotopic (exact) mass is 280 g/mol. The van der Waals surface area contributed by atoms with Crippen LogP contribution in [0.4, 0.5) is 0 Å². The number of carboxylic acid groups (broad SMARTS) is 1. The molecule has 7 nitrogen and oxygen atoms in total. The molecular weight excluding hydrogens is 260 g/mol. The van der Waals surface area contributed by atoms with Gasteiger partial charge in [0, 0.05) is 19.4 Å². The predicted octanol–water partition coefficient (Wildman–Crippen LogP) is 1.05. The minimum absolute atomic E-state index is 0.0132. The lowest BCUT2D eigenvalue weighted by molar-refractivity contribution is -0.138. The molecule has 2 N–H and O–H groups in total. The average Bonchev–Trinajstić information content (AvgIpc) is 2.66. The largest absolute Gasteiger partial charge is 0.481 e. The SMILES string of the molecule is CC(NC(=O)CCC(=O)O)c1nnc2n1CCCCC2. The summed E-state index contributed by atoms with van der Waals surface area (Å²) in [5.74, 6) is 0.490. The van der Waals surface area contributed by atoms with Crippen LogP contribution in [0.15, 0.2) is 0 Å². The quantitative estimate of drug-likeness (QED) is 0.840. The number of fused-ring (bicyclic) bond motifs is 1. The summed E-state index contributed by atoms with van der Waals surface area (Å²) in [6, 6.07) is -0.254. The van der Waals surface area contributed by atoms with Gasteiger partial charge in [-0.15, -0.1) is 10.2 Å². The maximum absolute atomic E-state index is 11.7. The average molecular weight is 280 g/mol. The van der Waals surface area contributed by atoms with Crippen LogP contribution < -0.4 is 5.32 Å². The van der Waals surface area contributed by atoms with Gasteiger partial charge < -0.3 is 15.0 Å². The van der Waals surface area contributed by atoms with Gasteiger partial charge in [-0.25, -0.2) is 0 Å². The maximum atomic E-state index is 11.7. The van der Waals surface area contributed by atoms with Crippen LogP contribution in [0.5, 0.6) is 0 Å². The molecule has 0 bridgehead atoms. The zero-order valence-electron chi connectivity index (χ0n) is 11.6. The van der Waals surface area contributed by atoms with Crippen molar-refractivity contribution in [3.05, 3.63) is 11.6 Å². The topological polar surface area (TPSA) is 97.1 Å². The molecule has 0 saturated carbocycles. The number of hydrogen-bond acceptors (Lipinski definition) is 4. The van der Waals surface area contributed by atoms with E-state index < -0.39 is 5.97 Å². The van der Waals surface area contributed by atoms with Gasteiger partial charge in [0.1, 0.15) is 5.82 Å². The highest BCUT2D eigenvalue weighted by molar-refractivity contribution is 5.80. The molecule has 2 heterocycles. The van der Waals surface area contributed by atoms with Gasteiger partial charge in [-0.1, -0.05) is 6.42 Å². The lowest BCUT2D eigenvalue weighted by Gasteiger charge is -2.15. The summed E-state index contributed by atoms with van der Waals surface area (Å²) in [5.41, 5.74) is 0. The van der Waals surface area contributed by atoms with Crippen molar-refractivity contribution in [3.63, 3.8) is 0 Å². The number of nitrogens with one attached hydrogen (secondary N) is 1. The first kappa shape index (κ1) is 14.5. The molecule has 0 fully saturated rings. The summed E-state index contributed by atoms with van der Waals surface area (Å²) in [4.78, 5) is 22.1. The van der Waals surface area contributed by atoms with E-state index in [4.69, 9.17) is 5.11 Å². The first-order valence-electron chi connectivity index (χ1n) is 7.01. The Bertz CT molecular complexity index is 498. The summed E-state index contributed by atoms with van der Waals surface area (Å²) in [7, 11) is 0. The molecule has 0 spiro atoms. The highest BCUT2D eigenvalue weighted by atomic mass is 16.4. The number of amides is 1. The third-order valence-corrected chi connectivity index (χ3v) is 3.47. The number of carboxylic acids is 1. The van der Waals surface area contributed by atoms with Crippen molar-refractivity contribution in [2.75, 3.05) is 0 Å². The summed E-state index contributed by atoms with van der Waals surface area (Å²) in [5, 5.41) is 19.7. The summed E-state index contributed by atoms with van der Waals surface area (Å²) in [6.45, 7) is 2.73. The number of aliphatic carboxylic acids is 1. The van der Waals surface area contributed by atoms with Crippen LogP contribution in [0.3, 0.4) is 0 Å². The summed E-state index contributed by atoms with van der Waals surface area (Å²) < 4.78 is 2.08. The zero-order valence-corrected chi connectivity index (χ0v) is 11.6. The number of carbonyl (C=O) groups is 2. The molecule has 2 rings (SSSR count). The van der Waals surface area contributed by atoms with Gasteiger partial charge in [0.15, 0.2) is 5.82 Å². The molecule has 20 heavy (non-hydrogen) atoms. The van der Waals surface area contributed by atoms with E-state index in [0.29, 0.717) is 0 Å². The van der Waals surface area contributed by atoms with Crippen molar-refractivity contribution in [3.8, 4) is 0 Å². The van der Waals surface area contributed by atoms with E-state index >= 15 is 0 Å². The van der Waals surface area contributed by atoms with Crippen LogP contribution in [0.1, 0.15) is 56.7 Å². The predicted molar refractivity (Wildman–Crippen MR) is 71.0 cm³/mol. The molecule has 0 radical (unpaired) electrons. The standard InChI is InChI=1S/C13H20N4O3/c1-9(14-11(18)6-7-12(19)20)13-16-15-10-5-3-2-4-8-17(10)13/h9H,2-8H2,1H3,(H,14,18)(H,19,20). The van der Waals surface area contributed by atoms with Gasteiger partial charge in [0.25, 0.3) is 0 Å². The summed E-state index contributed by atoms with van der Waals surface area (Å²) >= 11 is 0. The fraction of sp³-hybridized carbons (Fsp3) is 0.692. The van der Waals surface area contributed by atoms with Crippen LogP contribution in [-0.4, -0.2) is 31.7 Å². The minimum atomic E-state index is -0.968. The third kappa shape index (κ3) is 3.55. The van der Waals surface area contributed by atoms with E-state index in [2.05, 4.69) is 20.1 Å². The van der Waals surface area contributed by atoms with Gasteiger partial charge in [0.05, 0.1) is 12.5 Å². The van der Waals surface area contributed by atoms with Gasteiger partial charge in [-0.3, -0.25) is 9.59 Å². The van der Waals surface area contributed by atoms with Crippen molar-refractivity contribution in [2.45, 2.75) is 58.0 Å². The van der Waals surface area contributed by atoms with E-state index in [1.54, 1.807) is 0 Å². The van der Waals surface area contributed by atoms with Crippen molar-refractivity contribution in [1.29, 1.82) is 0 Å². The first-order valence-corrected chi connectivity index (χ1v) is 7.01. The van der Waals surface area contributed by atoms with Gasteiger partial charge in [-0.05, 0) is 19.8 Å². The molecule has 1 aliphatic heterocycles. The Morgan fingerprint density at radius 1 is 1.30 bits per heavy atom. The lowest BCUT2D eigenvalue weighted by Crippen LogP contribution is -2.29. The molecule has 1 aromatic rings. The van der Waals surface area contributed by atoms with Crippen LogP contribution in [0.25, 0.3) is 0 Å². The Kier molecular flexibility index (Phi) is 4.70. The second-order valence-electron chi connectivity index (χ2n) is 5.12. The second-order valence-corrected chi connectivity index (χ2v) is 5.12. The zero-order chi connectivity index (χ0) is 14.5. The molecule has 1 aliphatic rings. The molecule has 0 aliphatic carbocycles. The Hall–Kier alpha value is -1.92. The van der Waals surface area contributed by atoms with E-state index in [9.17, 15) is 9.59 Å². The summed E-state index contributed by atoms with van der Waals surface area (Å²) in [6.07, 6.45) is 4.15. The van der Waals surface area contributed by atoms with E-state index in [0.717, 1.165) is 37.5 Å². The number of aryl methyl sites for hydroxylation is 1. The van der Waals surface area contributed by atoms with Gasteiger partial charge in [-0.2, -0.15) is 0 Å². The van der Waals surface area contributed by atoms with E-state index in [1.807, 2.05) is 6.92 Å². The highest BCUT2D eigenvalue weighted by Gasteiger charge is 2.20. The van der Waals surface area contributed by atoms with Crippen molar-refractivity contribution >= 4 is 11.9 Å². The normalized spacial score (nSPS) is 16.1. The number of rotatable bonds is 5. The Morgan fingerprint density at radius 3 is 2.85 bits per heavy atom.